The fourth-order valence-electron chi connectivity index (χ4n) is 4.33. The molecule has 0 aliphatic carbocycles. The Hall–Kier alpha value is -4.73. The van der Waals surface area contributed by atoms with Crippen molar-refractivity contribution in [3.8, 4) is 17.3 Å². The SMILES string of the molecule is O=C(O)c1ccc(COc2c(Br)cc(Cl)cc2C=Nn2c(-c3cc4ccccc4o3)nc3ccccc3c2=O)cc1. The van der Waals surface area contributed by atoms with E-state index in [1.807, 2.05) is 36.4 Å². The summed E-state index contributed by atoms with van der Waals surface area (Å²) >= 11 is 9.85. The Labute approximate surface area is 246 Å². The first-order chi connectivity index (χ1) is 19.9. The van der Waals surface area contributed by atoms with E-state index < -0.39 is 5.97 Å². The summed E-state index contributed by atoms with van der Waals surface area (Å²) < 4.78 is 13.9. The Balaban J connectivity index is 1.42. The van der Waals surface area contributed by atoms with Gasteiger partial charge in [-0.15, -0.1) is 0 Å². The molecule has 1 N–H and O–H groups in total. The molecule has 0 saturated heterocycles. The molecule has 0 amide bonds. The molecular weight excluding hydrogens is 610 g/mol. The molecule has 41 heavy (non-hydrogen) atoms. The Kier molecular flexibility index (Phi) is 7.13. The number of nitrogens with zero attached hydrogens (tertiary/aromatic N) is 3. The summed E-state index contributed by atoms with van der Waals surface area (Å²) in [5.41, 5.74) is 2.26. The molecule has 4 aromatic carbocycles. The molecule has 0 bridgehead atoms. The number of furan rings is 1. The first-order valence-corrected chi connectivity index (χ1v) is 13.5. The first-order valence-electron chi connectivity index (χ1n) is 12.4. The van der Waals surface area contributed by atoms with Crippen LogP contribution in [0.1, 0.15) is 21.5 Å². The van der Waals surface area contributed by atoms with Crippen molar-refractivity contribution in [3.05, 3.63) is 128 Å². The van der Waals surface area contributed by atoms with Gasteiger partial charge in [-0.1, -0.05) is 54.1 Å². The van der Waals surface area contributed by atoms with Crippen molar-refractivity contribution in [2.24, 2.45) is 5.10 Å². The van der Waals surface area contributed by atoms with Gasteiger partial charge in [-0.25, -0.2) is 9.78 Å². The molecular formula is C31H19BrClN3O5. The van der Waals surface area contributed by atoms with Crippen LogP contribution in [0.4, 0.5) is 0 Å². The highest BCUT2D eigenvalue weighted by molar-refractivity contribution is 9.10. The van der Waals surface area contributed by atoms with Gasteiger partial charge >= 0.3 is 5.97 Å². The van der Waals surface area contributed by atoms with Crippen LogP contribution in [0.15, 0.2) is 110 Å². The maximum absolute atomic E-state index is 13.6. The van der Waals surface area contributed by atoms with E-state index in [0.717, 1.165) is 10.9 Å². The van der Waals surface area contributed by atoms with Gasteiger partial charge in [0.15, 0.2) is 5.76 Å². The summed E-state index contributed by atoms with van der Waals surface area (Å²) in [5.74, 6) is 0.0624. The number of carboxylic acids is 1. The number of para-hydroxylation sites is 2. The van der Waals surface area contributed by atoms with E-state index in [4.69, 9.17) is 30.8 Å². The third-order valence-electron chi connectivity index (χ3n) is 6.33. The van der Waals surface area contributed by atoms with Crippen LogP contribution < -0.4 is 10.3 Å². The maximum Gasteiger partial charge on any atom is 0.335 e. The Morgan fingerprint density at radius 3 is 2.59 bits per heavy atom. The fourth-order valence-corrected chi connectivity index (χ4v) is 5.28. The van der Waals surface area contributed by atoms with E-state index in [-0.39, 0.29) is 23.6 Å². The molecule has 0 aliphatic heterocycles. The lowest BCUT2D eigenvalue weighted by molar-refractivity contribution is 0.0697. The summed E-state index contributed by atoms with van der Waals surface area (Å²) in [4.78, 5) is 29.5. The highest BCUT2D eigenvalue weighted by Gasteiger charge is 2.17. The van der Waals surface area contributed by atoms with Gasteiger partial charge in [0.2, 0.25) is 5.82 Å². The second kappa shape index (κ2) is 11.0. The van der Waals surface area contributed by atoms with Crippen molar-refractivity contribution < 1.29 is 19.1 Å². The third kappa shape index (κ3) is 5.37. The smallest absolute Gasteiger partial charge is 0.335 e. The van der Waals surface area contributed by atoms with Crippen LogP contribution in [0, 0.1) is 0 Å². The molecule has 10 heteroatoms. The molecule has 0 atom stereocenters. The number of hydrogen-bond acceptors (Lipinski definition) is 6. The van der Waals surface area contributed by atoms with E-state index in [0.29, 0.717) is 43.1 Å². The van der Waals surface area contributed by atoms with Crippen molar-refractivity contribution in [1.82, 2.24) is 9.66 Å². The lowest BCUT2D eigenvalue weighted by atomic mass is 10.1. The Morgan fingerprint density at radius 1 is 1.05 bits per heavy atom. The maximum atomic E-state index is 13.6. The minimum absolute atomic E-state index is 0.155. The largest absolute Gasteiger partial charge is 0.487 e. The predicted molar refractivity (Wildman–Crippen MR) is 161 cm³/mol. The van der Waals surface area contributed by atoms with Gasteiger partial charge in [-0.05, 0) is 70.0 Å². The normalized spacial score (nSPS) is 11.5. The number of aromatic nitrogens is 2. The van der Waals surface area contributed by atoms with Crippen molar-refractivity contribution in [2.75, 3.05) is 0 Å². The molecule has 8 nitrogen and oxygen atoms in total. The van der Waals surface area contributed by atoms with Crippen molar-refractivity contribution in [1.29, 1.82) is 0 Å². The zero-order valence-corrected chi connectivity index (χ0v) is 23.5. The molecule has 0 fully saturated rings. The number of benzene rings is 4. The topological polar surface area (TPSA) is 107 Å². The Morgan fingerprint density at radius 2 is 1.80 bits per heavy atom. The molecule has 2 heterocycles. The summed E-state index contributed by atoms with van der Waals surface area (Å²) in [6.45, 7) is 0.155. The van der Waals surface area contributed by atoms with Crippen LogP contribution in [-0.2, 0) is 6.61 Å². The monoisotopic (exact) mass is 627 g/mol. The highest BCUT2D eigenvalue weighted by Crippen LogP contribution is 2.33. The van der Waals surface area contributed by atoms with E-state index in [2.05, 4.69) is 21.0 Å². The van der Waals surface area contributed by atoms with E-state index in [1.54, 1.807) is 42.5 Å². The van der Waals surface area contributed by atoms with Gasteiger partial charge < -0.3 is 14.3 Å². The van der Waals surface area contributed by atoms with Crippen LogP contribution in [0.5, 0.6) is 5.75 Å². The first kappa shape index (κ1) is 26.5. The fraction of sp³-hybridized carbons (Fsp3) is 0.0323. The van der Waals surface area contributed by atoms with Crippen LogP contribution in [0.3, 0.4) is 0 Å². The number of carboxylic acid groups (broad SMARTS) is 1. The van der Waals surface area contributed by atoms with Crippen molar-refractivity contribution in [2.45, 2.75) is 6.61 Å². The average molecular weight is 629 g/mol. The summed E-state index contributed by atoms with van der Waals surface area (Å²) in [5, 5.41) is 15.4. The molecule has 0 spiro atoms. The summed E-state index contributed by atoms with van der Waals surface area (Å²) in [6.07, 6.45) is 1.48. The number of fused-ring (bicyclic) bond motifs is 2. The lowest BCUT2D eigenvalue weighted by Gasteiger charge is -2.13. The molecule has 2 aromatic heterocycles. The molecule has 202 valence electrons. The van der Waals surface area contributed by atoms with Crippen LogP contribution >= 0.6 is 27.5 Å². The summed E-state index contributed by atoms with van der Waals surface area (Å²) in [7, 11) is 0. The quantitative estimate of drug-likeness (QED) is 0.185. The third-order valence-corrected chi connectivity index (χ3v) is 7.14. The minimum Gasteiger partial charge on any atom is -0.487 e. The number of hydrogen-bond donors (Lipinski definition) is 1. The minimum atomic E-state index is -1.00. The van der Waals surface area contributed by atoms with Gasteiger partial charge in [0.1, 0.15) is 17.9 Å². The number of aromatic carboxylic acids is 1. The molecule has 6 rings (SSSR count). The predicted octanol–water partition coefficient (Wildman–Crippen LogP) is 7.39. The van der Waals surface area contributed by atoms with Crippen molar-refractivity contribution >= 4 is 61.6 Å². The van der Waals surface area contributed by atoms with Gasteiger partial charge in [0.25, 0.3) is 5.56 Å². The zero-order chi connectivity index (χ0) is 28.5. The highest BCUT2D eigenvalue weighted by atomic mass is 79.9. The van der Waals surface area contributed by atoms with Gasteiger partial charge in [-0.2, -0.15) is 9.78 Å². The van der Waals surface area contributed by atoms with Gasteiger partial charge in [-0.3, -0.25) is 4.79 Å². The van der Waals surface area contributed by atoms with E-state index >= 15 is 0 Å². The summed E-state index contributed by atoms with van der Waals surface area (Å²) in [6, 6.07) is 26.1. The lowest BCUT2D eigenvalue weighted by Crippen LogP contribution is -2.20. The zero-order valence-electron chi connectivity index (χ0n) is 21.1. The second-order valence-corrected chi connectivity index (χ2v) is 10.4. The number of carbonyl (C=O) groups is 1. The Bertz CT molecular complexity index is 2000. The molecule has 0 aliphatic rings. The van der Waals surface area contributed by atoms with E-state index in [1.165, 1.54) is 23.0 Å². The number of ether oxygens (including phenoxy) is 1. The number of halogens is 2. The molecule has 0 saturated carbocycles. The molecule has 0 radical (unpaired) electrons. The van der Waals surface area contributed by atoms with Crippen LogP contribution in [0.2, 0.25) is 5.02 Å². The molecule has 0 unspecified atom stereocenters. The average Bonchev–Trinajstić information content (AvgIpc) is 3.40. The molecule has 6 aromatic rings. The second-order valence-electron chi connectivity index (χ2n) is 9.06. The van der Waals surface area contributed by atoms with Gasteiger partial charge in [0.05, 0.1) is 27.2 Å². The van der Waals surface area contributed by atoms with Crippen LogP contribution in [-0.4, -0.2) is 27.0 Å². The van der Waals surface area contributed by atoms with Crippen LogP contribution in [0.25, 0.3) is 33.5 Å². The number of rotatable bonds is 7. The van der Waals surface area contributed by atoms with E-state index in [9.17, 15) is 9.59 Å². The van der Waals surface area contributed by atoms with Crippen molar-refractivity contribution in [3.63, 3.8) is 0 Å². The van der Waals surface area contributed by atoms with Gasteiger partial charge in [0, 0.05) is 16.0 Å². The standard InChI is InChI=1S/C31H19BrClN3O5/c32-24-15-22(33)13-21(28(24)40-17-18-9-11-19(12-10-18)31(38)39)16-34-36-29(27-14-20-5-1-4-8-26(20)41-27)35-25-7-3-2-6-23(25)30(36)37/h1-16H,17H2,(H,38,39).